The van der Waals surface area contributed by atoms with Gasteiger partial charge in [0, 0.05) is 6.04 Å². The molecule has 1 rings (SSSR count). The van der Waals surface area contributed by atoms with Crippen LogP contribution in [0.2, 0.25) is 0 Å². The first-order valence-corrected chi connectivity index (χ1v) is 4.79. The van der Waals surface area contributed by atoms with Crippen LogP contribution in [0, 0.1) is 0 Å². The first-order chi connectivity index (χ1) is 6.72. The average Bonchev–Trinajstić information content (AvgIpc) is 2.17. The van der Waals surface area contributed by atoms with E-state index in [0.29, 0.717) is 11.8 Å². The highest BCUT2D eigenvalue weighted by atomic mass is 16.6. The summed E-state index contributed by atoms with van der Waals surface area (Å²) in [5, 5.41) is 9.09. The molecular weight excluding hydrogens is 178 g/mol. The Bertz CT molecular complexity index is 258. The predicted molar refractivity (Wildman–Crippen MR) is 56.0 cm³/mol. The normalized spacial score (nSPS) is 12.7. The van der Waals surface area contributed by atoms with Gasteiger partial charge in [-0.15, -0.1) is 0 Å². The summed E-state index contributed by atoms with van der Waals surface area (Å²) in [6.07, 6.45) is 2.00. The van der Waals surface area contributed by atoms with Crippen molar-refractivity contribution < 1.29 is 9.94 Å². The van der Waals surface area contributed by atoms with E-state index >= 15 is 0 Å². The smallest absolute Gasteiger partial charge is 0.115 e. The zero-order valence-corrected chi connectivity index (χ0v) is 8.66. The van der Waals surface area contributed by atoms with E-state index in [-0.39, 0.29) is 0 Å². The van der Waals surface area contributed by atoms with Crippen molar-refractivity contribution in [1.29, 1.82) is 0 Å². The van der Waals surface area contributed by atoms with Gasteiger partial charge in [-0.05, 0) is 37.5 Å². The van der Waals surface area contributed by atoms with E-state index in [4.69, 9.17) is 9.94 Å². The van der Waals surface area contributed by atoms with Gasteiger partial charge in [0.15, 0.2) is 0 Å². The zero-order valence-electron chi connectivity index (χ0n) is 8.66. The van der Waals surface area contributed by atoms with Gasteiger partial charge in [-0.25, -0.2) is 5.48 Å². The lowest BCUT2D eigenvalue weighted by Gasteiger charge is -2.11. The number of hydrogen-bond acceptors (Lipinski definition) is 3. The number of rotatable bonds is 5. The third kappa shape index (κ3) is 3.77. The summed E-state index contributed by atoms with van der Waals surface area (Å²) < 4.78 is 0. The Labute approximate surface area is 84.7 Å². The molecule has 0 saturated carbocycles. The molecule has 14 heavy (non-hydrogen) atoms. The molecule has 0 aromatic heterocycles. The Kier molecular flexibility index (Phi) is 4.43. The molecular formula is C11H17NO2. The highest BCUT2D eigenvalue weighted by molar-refractivity contribution is 5.25. The fraction of sp³-hybridized carbons (Fsp3) is 0.455. The maximum absolute atomic E-state index is 9.09. The monoisotopic (exact) mass is 195 g/mol. The molecule has 0 aliphatic heterocycles. The van der Waals surface area contributed by atoms with Crippen molar-refractivity contribution >= 4 is 0 Å². The van der Waals surface area contributed by atoms with Crippen LogP contribution in [0.1, 0.15) is 18.9 Å². The molecule has 3 heteroatoms. The van der Waals surface area contributed by atoms with E-state index in [1.54, 1.807) is 19.2 Å². The standard InChI is InChI=1S/C11H17NO2/c1-9(12-14-2)3-4-10-5-7-11(13)8-6-10/h5-9,12-13H,3-4H2,1-2H3. The van der Waals surface area contributed by atoms with Crippen LogP contribution in [0.15, 0.2) is 24.3 Å². The number of phenolic OH excluding ortho intramolecular Hbond substituents is 1. The SMILES string of the molecule is CONC(C)CCc1ccc(O)cc1. The van der Waals surface area contributed by atoms with Gasteiger partial charge in [-0.1, -0.05) is 12.1 Å². The van der Waals surface area contributed by atoms with Crippen LogP contribution < -0.4 is 5.48 Å². The first-order valence-electron chi connectivity index (χ1n) is 4.79. The Morgan fingerprint density at radius 1 is 1.36 bits per heavy atom. The van der Waals surface area contributed by atoms with Gasteiger partial charge in [0.25, 0.3) is 0 Å². The largest absolute Gasteiger partial charge is 0.508 e. The van der Waals surface area contributed by atoms with Crippen molar-refractivity contribution in [2.45, 2.75) is 25.8 Å². The summed E-state index contributed by atoms with van der Waals surface area (Å²) in [6.45, 7) is 2.07. The second-order valence-electron chi connectivity index (χ2n) is 3.43. The second-order valence-corrected chi connectivity index (χ2v) is 3.43. The number of aromatic hydroxyl groups is 1. The van der Waals surface area contributed by atoms with Gasteiger partial charge in [-0.3, -0.25) is 0 Å². The number of benzene rings is 1. The summed E-state index contributed by atoms with van der Waals surface area (Å²) in [5.74, 6) is 0.316. The van der Waals surface area contributed by atoms with Crippen molar-refractivity contribution in [2.24, 2.45) is 0 Å². The summed E-state index contributed by atoms with van der Waals surface area (Å²) in [6, 6.07) is 7.64. The maximum atomic E-state index is 9.09. The Morgan fingerprint density at radius 2 is 2.00 bits per heavy atom. The summed E-state index contributed by atoms with van der Waals surface area (Å²) in [7, 11) is 1.62. The summed E-state index contributed by atoms with van der Waals surface area (Å²) in [5.41, 5.74) is 4.11. The molecule has 0 fully saturated rings. The fourth-order valence-corrected chi connectivity index (χ4v) is 1.31. The van der Waals surface area contributed by atoms with Crippen LogP contribution in [0.4, 0.5) is 0 Å². The molecule has 0 heterocycles. The molecule has 0 spiro atoms. The average molecular weight is 195 g/mol. The van der Waals surface area contributed by atoms with Crippen LogP contribution in [-0.2, 0) is 11.3 Å². The molecule has 1 unspecified atom stereocenters. The van der Waals surface area contributed by atoms with Crippen LogP contribution in [0.3, 0.4) is 0 Å². The Morgan fingerprint density at radius 3 is 2.57 bits per heavy atom. The highest BCUT2D eigenvalue weighted by Crippen LogP contribution is 2.11. The van der Waals surface area contributed by atoms with Crippen molar-refractivity contribution in [1.82, 2.24) is 5.48 Å². The fourth-order valence-electron chi connectivity index (χ4n) is 1.31. The predicted octanol–water partition coefficient (Wildman–Crippen LogP) is 1.86. The third-order valence-corrected chi connectivity index (χ3v) is 2.12. The lowest BCUT2D eigenvalue weighted by molar-refractivity contribution is 0.0637. The number of hydroxylamine groups is 1. The van der Waals surface area contributed by atoms with Crippen LogP contribution >= 0.6 is 0 Å². The number of phenols is 1. The van der Waals surface area contributed by atoms with Crippen molar-refractivity contribution in [3.05, 3.63) is 29.8 Å². The number of nitrogens with one attached hydrogen (secondary N) is 1. The third-order valence-electron chi connectivity index (χ3n) is 2.12. The molecule has 1 atom stereocenters. The minimum Gasteiger partial charge on any atom is -0.508 e. The van der Waals surface area contributed by atoms with E-state index in [1.807, 2.05) is 12.1 Å². The van der Waals surface area contributed by atoms with Gasteiger partial charge in [0.2, 0.25) is 0 Å². The first kappa shape index (κ1) is 11.0. The van der Waals surface area contributed by atoms with E-state index in [9.17, 15) is 0 Å². The molecule has 78 valence electrons. The lowest BCUT2D eigenvalue weighted by atomic mass is 10.1. The van der Waals surface area contributed by atoms with Crippen molar-refractivity contribution in [2.75, 3.05) is 7.11 Å². The van der Waals surface area contributed by atoms with Gasteiger partial charge in [-0.2, -0.15) is 0 Å². The molecule has 0 amide bonds. The van der Waals surface area contributed by atoms with Crippen LogP contribution in [0.5, 0.6) is 5.75 Å². The number of aryl methyl sites for hydroxylation is 1. The van der Waals surface area contributed by atoms with E-state index < -0.39 is 0 Å². The summed E-state index contributed by atoms with van der Waals surface area (Å²) in [4.78, 5) is 4.82. The molecule has 2 N–H and O–H groups in total. The second kappa shape index (κ2) is 5.62. The van der Waals surface area contributed by atoms with Gasteiger partial charge < -0.3 is 9.94 Å². The molecule has 3 nitrogen and oxygen atoms in total. The molecule has 0 bridgehead atoms. The minimum atomic E-state index is 0.316. The van der Waals surface area contributed by atoms with Gasteiger partial charge in [0.1, 0.15) is 5.75 Å². The van der Waals surface area contributed by atoms with Crippen molar-refractivity contribution in [3.63, 3.8) is 0 Å². The van der Waals surface area contributed by atoms with E-state index in [2.05, 4.69) is 12.4 Å². The maximum Gasteiger partial charge on any atom is 0.115 e. The molecule has 0 radical (unpaired) electrons. The van der Waals surface area contributed by atoms with Gasteiger partial charge >= 0.3 is 0 Å². The molecule has 0 saturated heterocycles. The molecule has 0 aliphatic rings. The van der Waals surface area contributed by atoms with Crippen LogP contribution in [-0.4, -0.2) is 18.3 Å². The quantitative estimate of drug-likeness (QED) is 0.705. The molecule has 0 aliphatic carbocycles. The number of hydrogen-bond donors (Lipinski definition) is 2. The Hall–Kier alpha value is -1.06. The molecule has 1 aromatic rings. The van der Waals surface area contributed by atoms with Crippen molar-refractivity contribution in [3.8, 4) is 5.75 Å². The minimum absolute atomic E-state index is 0.316. The summed E-state index contributed by atoms with van der Waals surface area (Å²) >= 11 is 0. The molecule has 1 aromatic carbocycles. The van der Waals surface area contributed by atoms with Gasteiger partial charge in [0.05, 0.1) is 7.11 Å². The highest BCUT2D eigenvalue weighted by Gasteiger charge is 2.01. The van der Waals surface area contributed by atoms with Crippen LogP contribution in [0.25, 0.3) is 0 Å². The topological polar surface area (TPSA) is 41.5 Å². The lowest BCUT2D eigenvalue weighted by Crippen LogP contribution is -2.25. The zero-order chi connectivity index (χ0) is 10.4. The van der Waals surface area contributed by atoms with E-state index in [0.717, 1.165) is 12.8 Å². The van der Waals surface area contributed by atoms with E-state index in [1.165, 1.54) is 5.56 Å². The Balaban J connectivity index is 2.34.